The number of anilines is 1. The van der Waals surface area contributed by atoms with Gasteiger partial charge in [0.05, 0.1) is 13.7 Å². The van der Waals surface area contributed by atoms with E-state index >= 15 is 0 Å². The fourth-order valence-corrected chi connectivity index (χ4v) is 1.88. The van der Waals surface area contributed by atoms with Gasteiger partial charge < -0.3 is 19.5 Å². The van der Waals surface area contributed by atoms with Gasteiger partial charge in [0.25, 0.3) is 5.91 Å². The van der Waals surface area contributed by atoms with Gasteiger partial charge in [-0.2, -0.15) is 0 Å². The standard InChI is InChI=1S/C17H19NO4/c1-3-21-14-10-8-13(9-11-14)18-17(19)12-22-16-7-5-4-6-15(16)20-2/h4-11H,3,12H2,1-2H3,(H,18,19). The quantitative estimate of drug-likeness (QED) is 0.853. The second-order valence-corrected chi connectivity index (χ2v) is 4.45. The van der Waals surface area contributed by atoms with Crippen LogP contribution in [-0.4, -0.2) is 26.2 Å². The van der Waals surface area contributed by atoms with Crippen molar-refractivity contribution in [3.05, 3.63) is 48.5 Å². The normalized spacial score (nSPS) is 9.91. The Bertz CT molecular complexity index is 610. The van der Waals surface area contributed by atoms with E-state index in [1.165, 1.54) is 0 Å². The molecule has 0 saturated heterocycles. The molecule has 22 heavy (non-hydrogen) atoms. The van der Waals surface area contributed by atoms with E-state index < -0.39 is 0 Å². The smallest absolute Gasteiger partial charge is 0.262 e. The highest BCUT2D eigenvalue weighted by molar-refractivity contribution is 5.91. The summed E-state index contributed by atoms with van der Waals surface area (Å²) in [6, 6.07) is 14.4. The number of nitrogens with one attached hydrogen (secondary N) is 1. The summed E-state index contributed by atoms with van der Waals surface area (Å²) in [7, 11) is 1.56. The Hall–Kier alpha value is -2.69. The predicted octanol–water partition coefficient (Wildman–Crippen LogP) is 3.11. The maximum Gasteiger partial charge on any atom is 0.262 e. The molecule has 0 bridgehead atoms. The van der Waals surface area contributed by atoms with E-state index in [-0.39, 0.29) is 12.5 Å². The van der Waals surface area contributed by atoms with Crippen molar-refractivity contribution in [2.45, 2.75) is 6.92 Å². The van der Waals surface area contributed by atoms with E-state index in [1.54, 1.807) is 43.5 Å². The summed E-state index contributed by atoms with van der Waals surface area (Å²) in [5.74, 6) is 1.66. The van der Waals surface area contributed by atoms with Crippen molar-refractivity contribution in [3.63, 3.8) is 0 Å². The molecule has 0 saturated carbocycles. The van der Waals surface area contributed by atoms with E-state index in [9.17, 15) is 4.79 Å². The van der Waals surface area contributed by atoms with Crippen molar-refractivity contribution < 1.29 is 19.0 Å². The Labute approximate surface area is 129 Å². The van der Waals surface area contributed by atoms with Crippen LogP contribution in [0.4, 0.5) is 5.69 Å². The maximum atomic E-state index is 11.9. The molecule has 0 atom stereocenters. The molecule has 5 heteroatoms. The number of hydrogen-bond acceptors (Lipinski definition) is 4. The molecule has 5 nitrogen and oxygen atoms in total. The van der Waals surface area contributed by atoms with Gasteiger partial charge in [-0.25, -0.2) is 0 Å². The van der Waals surface area contributed by atoms with E-state index in [0.717, 1.165) is 5.75 Å². The average Bonchev–Trinajstić information content (AvgIpc) is 2.55. The minimum absolute atomic E-state index is 0.0897. The first-order valence-electron chi connectivity index (χ1n) is 7.01. The lowest BCUT2D eigenvalue weighted by Gasteiger charge is -2.11. The third-order valence-corrected chi connectivity index (χ3v) is 2.88. The Morgan fingerprint density at radius 3 is 2.32 bits per heavy atom. The zero-order valence-corrected chi connectivity index (χ0v) is 12.7. The van der Waals surface area contributed by atoms with Gasteiger partial charge in [-0.05, 0) is 43.3 Å². The molecule has 0 aliphatic rings. The molecule has 1 amide bonds. The van der Waals surface area contributed by atoms with Crippen LogP contribution in [0, 0.1) is 0 Å². The molecule has 0 heterocycles. The molecule has 0 unspecified atom stereocenters. The summed E-state index contributed by atoms with van der Waals surface area (Å²) < 4.78 is 16.0. The molecule has 0 fully saturated rings. The molecule has 116 valence electrons. The molecule has 0 aromatic heterocycles. The first-order valence-corrected chi connectivity index (χ1v) is 7.01. The van der Waals surface area contributed by atoms with Crippen LogP contribution in [0.2, 0.25) is 0 Å². The fraction of sp³-hybridized carbons (Fsp3) is 0.235. The van der Waals surface area contributed by atoms with Crippen LogP contribution < -0.4 is 19.5 Å². The molecule has 0 aliphatic carbocycles. The summed E-state index contributed by atoms with van der Waals surface area (Å²) in [5, 5.41) is 2.76. The van der Waals surface area contributed by atoms with Crippen molar-refractivity contribution >= 4 is 11.6 Å². The Morgan fingerprint density at radius 2 is 1.68 bits per heavy atom. The van der Waals surface area contributed by atoms with E-state index in [1.807, 2.05) is 19.1 Å². The molecule has 2 aromatic rings. The Balaban J connectivity index is 1.87. The first-order chi connectivity index (χ1) is 10.7. The van der Waals surface area contributed by atoms with Gasteiger partial charge in [-0.3, -0.25) is 4.79 Å². The monoisotopic (exact) mass is 301 g/mol. The number of ether oxygens (including phenoxy) is 3. The minimum Gasteiger partial charge on any atom is -0.494 e. The van der Waals surface area contributed by atoms with Crippen molar-refractivity contribution in [3.8, 4) is 17.2 Å². The van der Waals surface area contributed by atoms with Crippen molar-refractivity contribution in [1.82, 2.24) is 0 Å². The maximum absolute atomic E-state index is 11.9. The third-order valence-electron chi connectivity index (χ3n) is 2.88. The summed E-state index contributed by atoms with van der Waals surface area (Å²) in [6.45, 7) is 2.44. The van der Waals surface area contributed by atoms with Crippen molar-refractivity contribution in [2.75, 3.05) is 25.6 Å². The summed E-state index contributed by atoms with van der Waals surface area (Å²) in [5.41, 5.74) is 0.692. The topological polar surface area (TPSA) is 56.8 Å². The average molecular weight is 301 g/mol. The summed E-state index contributed by atoms with van der Waals surface area (Å²) >= 11 is 0. The molecular formula is C17H19NO4. The largest absolute Gasteiger partial charge is 0.494 e. The van der Waals surface area contributed by atoms with Crippen LogP contribution >= 0.6 is 0 Å². The van der Waals surface area contributed by atoms with Crippen LogP contribution in [0.1, 0.15) is 6.92 Å². The number of carbonyl (C=O) groups excluding carboxylic acids is 1. The first kappa shape index (κ1) is 15.7. The number of rotatable bonds is 7. The number of para-hydroxylation sites is 2. The Kier molecular flexibility index (Phi) is 5.65. The van der Waals surface area contributed by atoms with Crippen LogP contribution in [0.15, 0.2) is 48.5 Å². The van der Waals surface area contributed by atoms with E-state index in [4.69, 9.17) is 14.2 Å². The minimum atomic E-state index is -0.241. The Morgan fingerprint density at radius 1 is 1.00 bits per heavy atom. The molecule has 0 spiro atoms. The SMILES string of the molecule is CCOc1ccc(NC(=O)COc2ccccc2OC)cc1. The predicted molar refractivity (Wildman–Crippen MR) is 84.7 cm³/mol. The lowest BCUT2D eigenvalue weighted by Crippen LogP contribution is -2.20. The summed E-state index contributed by atoms with van der Waals surface area (Å²) in [6.07, 6.45) is 0. The molecule has 2 aromatic carbocycles. The molecule has 0 radical (unpaired) electrons. The van der Waals surface area contributed by atoms with Crippen molar-refractivity contribution in [1.29, 1.82) is 0 Å². The highest BCUT2D eigenvalue weighted by Crippen LogP contribution is 2.25. The van der Waals surface area contributed by atoms with Gasteiger partial charge in [0, 0.05) is 5.69 Å². The second-order valence-electron chi connectivity index (χ2n) is 4.45. The number of benzene rings is 2. The van der Waals surface area contributed by atoms with Gasteiger partial charge >= 0.3 is 0 Å². The molecular weight excluding hydrogens is 282 g/mol. The molecule has 0 aliphatic heterocycles. The van der Waals surface area contributed by atoms with Gasteiger partial charge in [-0.1, -0.05) is 12.1 Å². The zero-order valence-electron chi connectivity index (χ0n) is 12.7. The zero-order chi connectivity index (χ0) is 15.8. The number of methoxy groups -OCH3 is 1. The molecule has 1 N–H and O–H groups in total. The number of carbonyl (C=O) groups is 1. The summed E-state index contributed by atoms with van der Waals surface area (Å²) in [4.78, 5) is 11.9. The number of amides is 1. The van der Waals surface area contributed by atoms with Crippen LogP contribution in [0.5, 0.6) is 17.2 Å². The van der Waals surface area contributed by atoms with Gasteiger partial charge in [0.15, 0.2) is 18.1 Å². The van der Waals surface area contributed by atoms with Crippen LogP contribution in [0.25, 0.3) is 0 Å². The van der Waals surface area contributed by atoms with Gasteiger partial charge in [0.1, 0.15) is 5.75 Å². The highest BCUT2D eigenvalue weighted by atomic mass is 16.5. The van der Waals surface area contributed by atoms with Crippen molar-refractivity contribution in [2.24, 2.45) is 0 Å². The van der Waals surface area contributed by atoms with E-state index in [2.05, 4.69) is 5.32 Å². The van der Waals surface area contributed by atoms with Crippen LogP contribution in [-0.2, 0) is 4.79 Å². The van der Waals surface area contributed by atoms with E-state index in [0.29, 0.717) is 23.8 Å². The number of hydrogen-bond donors (Lipinski definition) is 1. The fourth-order valence-electron chi connectivity index (χ4n) is 1.88. The third kappa shape index (κ3) is 4.41. The molecule has 2 rings (SSSR count). The lowest BCUT2D eigenvalue weighted by molar-refractivity contribution is -0.118. The lowest BCUT2D eigenvalue weighted by atomic mass is 10.3. The van der Waals surface area contributed by atoms with Crippen LogP contribution in [0.3, 0.4) is 0 Å². The van der Waals surface area contributed by atoms with Gasteiger partial charge in [-0.15, -0.1) is 0 Å². The highest BCUT2D eigenvalue weighted by Gasteiger charge is 2.07. The second kappa shape index (κ2) is 7.93. The van der Waals surface area contributed by atoms with Gasteiger partial charge in [0.2, 0.25) is 0 Å².